The largest absolute Gasteiger partial charge is 0.334 e. The zero-order valence-electron chi connectivity index (χ0n) is 11.6. The van der Waals surface area contributed by atoms with Gasteiger partial charge in [0.2, 0.25) is 0 Å². The zero-order chi connectivity index (χ0) is 14.4. The Hall–Kier alpha value is -1.62. The number of benzene rings is 1. The average molecular weight is 346 g/mol. The third-order valence-electron chi connectivity index (χ3n) is 4.26. The van der Waals surface area contributed by atoms with Crippen LogP contribution in [0.15, 0.2) is 41.3 Å². The van der Waals surface area contributed by atoms with Crippen molar-refractivity contribution < 1.29 is 4.79 Å². The first kappa shape index (κ1) is 13.1. The van der Waals surface area contributed by atoms with Gasteiger partial charge in [0.15, 0.2) is 0 Å². The summed E-state index contributed by atoms with van der Waals surface area (Å²) in [6, 6.07) is 7.70. The van der Waals surface area contributed by atoms with E-state index in [1.807, 2.05) is 39.9 Å². The number of fused-ring (bicyclic) bond motifs is 1. The summed E-state index contributed by atoms with van der Waals surface area (Å²) in [4.78, 5) is 19.2. The molecule has 0 N–H and O–H groups in total. The molecule has 2 aromatic rings. The average Bonchev–Trinajstić information content (AvgIpc) is 3.16. The second-order valence-corrected chi connectivity index (χ2v) is 6.83. The summed E-state index contributed by atoms with van der Waals surface area (Å²) in [6.07, 6.45) is 6.15. The van der Waals surface area contributed by atoms with E-state index in [1.54, 1.807) is 6.33 Å². The first-order valence-electron chi connectivity index (χ1n) is 7.27. The van der Waals surface area contributed by atoms with Gasteiger partial charge in [-0.3, -0.25) is 4.79 Å². The van der Waals surface area contributed by atoms with Crippen LogP contribution in [0.4, 0.5) is 0 Å². The molecule has 1 unspecified atom stereocenters. The van der Waals surface area contributed by atoms with Crippen LogP contribution in [-0.2, 0) is 11.3 Å². The van der Waals surface area contributed by atoms with Crippen LogP contribution in [0.3, 0.4) is 0 Å². The first-order valence-corrected chi connectivity index (χ1v) is 8.06. The number of carbonyl (C=O) groups is 1. The lowest BCUT2D eigenvalue weighted by Gasteiger charge is -2.34. The number of rotatable bonds is 3. The van der Waals surface area contributed by atoms with Crippen LogP contribution < -0.4 is 0 Å². The summed E-state index contributed by atoms with van der Waals surface area (Å²) in [6.45, 7) is 1.56. The highest BCUT2D eigenvalue weighted by atomic mass is 79.9. The van der Waals surface area contributed by atoms with Gasteiger partial charge in [0.1, 0.15) is 6.04 Å². The minimum atomic E-state index is -0.285. The Morgan fingerprint density at radius 2 is 2.19 bits per heavy atom. The fourth-order valence-electron chi connectivity index (χ4n) is 3.00. The van der Waals surface area contributed by atoms with Crippen molar-refractivity contribution in [3.8, 4) is 0 Å². The molecule has 1 fully saturated rings. The summed E-state index contributed by atoms with van der Waals surface area (Å²) in [5.74, 6) is 0.886. The number of hydrogen-bond acceptors (Lipinski definition) is 2. The van der Waals surface area contributed by atoms with E-state index in [1.165, 1.54) is 12.8 Å². The molecule has 1 aliphatic carbocycles. The quantitative estimate of drug-likeness (QED) is 0.857. The van der Waals surface area contributed by atoms with Crippen LogP contribution in [0.25, 0.3) is 0 Å². The van der Waals surface area contributed by atoms with Crippen molar-refractivity contribution in [3.63, 3.8) is 0 Å². The number of halogens is 1. The number of nitrogens with zero attached hydrogens (tertiary/aromatic N) is 3. The van der Waals surface area contributed by atoms with Gasteiger partial charge in [0.05, 0.1) is 18.6 Å². The lowest BCUT2D eigenvalue weighted by molar-refractivity contribution is -0.136. The predicted octanol–water partition coefficient (Wildman–Crippen LogP) is 2.99. The van der Waals surface area contributed by atoms with E-state index in [0.717, 1.165) is 22.3 Å². The Bertz CT molecular complexity index is 692. The molecule has 0 saturated heterocycles. The molecule has 1 aliphatic heterocycles. The molecule has 2 heterocycles. The monoisotopic (exact) mass is 345 g/mol. The van der Waals surface area contributed by atoms with E-state index in [-0.39, 0.29) is 11.9 Å². The van der Waals surface area contributed by atoms with Crippen LogP contribution in [0.1, 0.15) is 30.1 Å². The molecule has 1 saturated carbocycles. The molecule has 0 bridgehead atoms. The smallest absolute Gasteiger partial charge is 0.250 e. The van der Waals surface area contributed by atoms with E-state index >= 15 is 0 Å². The fraction of sp³-hybridized carbons (Fsp3) is 0.375. The zero-order valence-corrected chi connectivity index (χ0v) is 13.2. The standard InChI is InChI=1S/C16H16BrN3O/c17-13-3-1-2-12(6-13)15-16(21)19(8-11-4-5-11)9-14-7-18-10-20(14)15/h1-3,6-7,10-11,15H,4-5,8-9H2. The van der Waals surface area contributed by atoms with Gasteiger partial charge >= 0.3 is 0 Å². The molecule has 108 valence electrons. The number of amides is 1. The molecule has 1 amide bonds. The molecule has 1 aromatic carbocycles. The van der Waals surface area contributed by atoms with Gasteiger partial charge < -0.3 is 9.47 Å². The van der Waals surface area contributed by atoms with E-state index in [0.29, 0.717) is 12.5 Å². The molecule has 4 nitrogen and oxygen atoms in total. The minimum absolute atomic E-state index is 0.186. The summed E-state index contributed by atoms with van der Waals surface area (Å²) >= 11 is 3.50. The maximum Gasteiger partial charge on any atom is 0.250 e. The Labute approximate surface area is 131 Å². The Balaban J connectivity index is 1.74. The topological polar surface area (TPSA) is 38.1 Å². The molecular formula is C16H16BrN3O. The van der Waals surface area contributed by atoms with E-state index in [2.05, 4.69) is 20.9 Å². The Morgan fingerprint density at radius 1 is 1.33 bits per heavy atom. The van der Waals surface area contributed by atoms with E-state index < -0.39 is 0 Å². The summed E-state index contributed by atoms with van der Waals surface area (Å²) < 4.78 is 3.00. The van der Waals surface area contributed by atoms with Crippen molar-refractivity contribution in [2.75, 3.05) is 6.54 Å². The molecule has 21 heavy (non-hydrogen) atoms. The minimum Gasteiger partial charge on any atom is -0.334 e. The maximum atomic E-state index is 12.9. The van der Waals surface area contributed by atoms with Crippen molar-refractivity contribution in [1.29, 1.82) is 0 Å². The third kappa shape index (κ3) is 2.39. The highest BCUT2D eigenvalue weighted by molar-refractivity contribution is 9.10. The molecule has 5 heteroatoms. The molecule has 0 spiro atoms. The lowest BCUT2D eigenvalue weighted by Crippen LogP contribution is -2.43. The maximum absolute atomic E-state index is 12.9. The van der Waals surface area contributed by atoms with Gasteiger partial charge in [0.25, 0.3) is 5.91 Å². The second-order valence-electron chi connectivity index (χ2n) is 5.91. The van der Waals surface area contributed by atoms with Crippen molar-refractivity contribution in [3.05, 3.63) is 52.5 Å². The van der Waals surface area contributed by atoms with Crippen LogP contribution in [0.2, 0.25) is 0 Å². The SMILES string of the molecule is O=C1C(c2cccc(Br)c2)n2cncc2CN1CC1CC1. The van der Waals surface area contributed by atoms with Crippen molar-refractivity contribution in [1.82, 2.24) is 14.5 Å². The van der Waals surface area contributed by atoms with Crippen LogP contribution in [0, 0.1) is 5.92 Å². The van der Waals surface area contributed by atoms with Crippen molar-refractivity contribution in [2.24, 2.45) is 5.92 Å². The molecular weight excluding hydrogens is 330 g/mol. The Morgan fingerprint density at radius 3 is 2.95 bits per heavy atom. The van der Waals surface area contributed by atoms with Gasteiger partial charge in [0, 0.05) is 17.2 Å². The first-order chi connectivity index (χ1) is 10.2. The summed E-state index contributed by atoms with van der Waals surface area (Å²) in [5, 5.41) is 0. The molecule has 1 aromatic heterocycles. The van der Waals surface area contributed by atoms with Crippen LogP contribution >= 0.6 is 15.9 Å². The summed E-state index contributed by atoms with van der Waals surface area (Å²) in [7, 11) is 0. The Kier molecular flexibility index (Phi) is 3.10. The van der Waals surface area contributed by atoms with Crippen LogP contribution in [0.5, 0.6) is 0 Å². The van der Waals surface area contributed by atoms with Gasteiger partial charge in [-0.05, 0) is 36.5 Å². The molecule has 2 aliphatic rings. The van der Waals surface area contributed by atoms with Gasteiger partial charge in [-0.15, -0.1) is 0 Å². The molecule has 1 atom stereocenters. The number of imidazole rings is 1. The highest BCUT2D eigenvalue weighted by Gasteiger charge is 2.36. The number of aromatic nitrogens is 2. The fourth-order valence-corrected chi connectivity index (χ4v) is 3.42. The molecule has 0 radical (unpaired) electrons. The number of carbonyl (C=O) groups excluding carboxylic acids is 1. The highest BCUT2D eigenvalue weighted by Crippen LogP contribution is 2.34. The molecule has 4 rings (SSSR count). The van der Waals surface area contributed by atoms with Crippen molar-refractivity contribution >= 4 is 21.8 Å². The van der Waals surface area contributed by atoms with Gasteiger partial charge in [-0.1, -0.05) is 28.1 Å². The van der Waals surface area contributed by atoms with Crippen molar-refractivity contribution in [2.45, 2.75) is 25.4 Å². The van der Waals surface area contributed by atoms with Gasteiger partial charge in [-0.2, -0.15) is 0 Å². The number of hydrogen-bond donors (Lipinski definition) is 0. The van der Waals surface area contributed by atoms with E-state index in [4.69, 9.17) is 0 Å². The van der Waals surface area contributed by atoms with Crippen LogP contribution in [-0.4, -0.2) is 26.9 Å². The second kappa shape index (κ2) is 4.98. The lowest BCUT2D eigenvalue weighted by atomic mass is 10.0. The normalized spacial score (nSPS) is 21.5. The van der Waals surface area contributed by atoms with E-state index in [9.17, 15) is 4.79 Å². The van der Waals surface area contributed by atoms with Gasteiger partial charge in [-0.25, -0.2) is 4.98 Å². The predicted molar refractivity (Wildman–Crippen MR) is 82.6 cm³/mol. The third-order valence-corrected chi connectivity index (χ3v) is 4.76. The summed E-state index contributed by atoms with van der Waals surface area (Å²) in [5.41, 5.74) is 2.12.